The Morgan fingerprint density at radius 1 is 1.48 bits per heavy atom. The van der Waals surface area contributed by atoms with Crippen molar-refractivity contribution in [3.05, 3.63) is 22.4 Å². The predicted octanol–water partition coefficient (Wildman–Crippen LogP) is 1.03. The number of nitrogens with two attached hydrogens (primary N) is 1. The molecular weight excluding hydrogens is 310 g/mol. The van der Waals surface area contributed by atoms with E-state index in [1.54, 1.807) is 11.3 Å². The zero-order valence-electron chi connectivity index (χ0n) is 11.9. The highest BCUT2D eigenvalue weighted by Gasteiger charge is 2.28. The Bertz CT molecular complexity index is 453. The van der Waals surface area contributed by atoms with E-state index in [1.807, 2.05) is 21.7 Å². The molecule has 118 valence electrons. The quantitative estimate of drug-likeness (QED) is 0.846. The van der Waals surface area contributed by atoms with E-state index < -0.39 is 0 Å². The van der Waals surface area contributed by atoms with Gasteiger partial charge in [0.05, 0.1) is 12.3 Å². The van der Waals surface area contributed by atoms with Crippen LogP contribution in [0.5, 0.6) is 0 Å². The van der Waals surface area contributed by atoms with Gasteiger partial charge < -0.3 is 16.0 Å². The highest BCUT2D eigenvalue weighted by Crippen LogP contribution is 2.18. The van der Waals surface area contributed by atoms with Gasteiger partial charge in [-0.15, -0.1) is 12.4 Å². The average molecular weight is 332 g/mol. The van der Waals surface area contributed by atoms with Gasteiger partial charge in [0.1, 0.15) is 0 Å². The number of thiophene rings is 1. The van der Waals surface area contributed by atoms with Crippen molar-refractivity contribution in [2.45, 2.75) is 19.3 Å². The molecule has 2 amide bonds. The van der Waals surface area contributed by atoms with Crippen LogP contribution in [0.2, 0.25) is 0 Å². The molecule has 1 aliphatic heterocycles. The minimum atomic E-state index is -0.0956. The highest BCUT2D eigenvalue weighted by atomic mass is 35.5. The van der Waals surface area contributed by atoms with Gasteiger partial charge in [0.2, 0.25) is 11.8 Å². The Hall–Kier alpha value is -1.11. The molecule has 1 fully saturated rings. The van der Waals surface area contributed by atoms with Gasteiger partial charge in [-0.1, -0.05) is 0 Å². The lowest BCUT2D eigenvalue weighted by Gasteiger charge is -2.32. The monoisotopic (exact) mass is 331 g/mol. The Balaban J connectivity index is 0.00000220. The molecule has 1 saturated heterocycles. The summed E-state index contributed by atoms with van der Waals surface area (Å²) in [6.07, 6.45) is 2.16. The van der Waals surface area contributed by atoms with Crippen LogP contribution in [0.1, 0.15) is 18.4 Å². The molecule has 1 unspecified atom stereocenters. The summed E-state index contributed by atoms with van der Waals surface area (Å²) in [5.74, 6) is 0.0323. The molecule has 5 nitrogen and oxygen atoms in total. The fourth-order valence-corrected chi connectivity index (χ4v) is 3.11. The fourth-order valence-electron chi connectivity index (χ4n) is 2.44. The second-order valence-electron chi connectivity index (χ2n) is 5.07. The van der Waals surface area contributed by atoms with Crippen LogP contribution >= 0.6 is 23.7 Å². The first kappa shape index (κ1) is 17.9. The number of halogens is 1. The van der Waals surface area contributed by atoms with Crippen molar-refractivity contribution in [1.82, 2.24) is 10.2 Å². The average Bonchev–Trinajstić information content (AvgIpc) is 2.97. The summed E-state index contributed by atoms with van der Waals surface area (Å²) in [5, 5.41) is 6.77. The molecule has 1 aromatic rings. The molecule has 0 spiro atoms. The number of amides is 2. The Morgan fingerprint density at radius 2 is 2.29 bits per heavy atom. The second-order valence-corrected chi connectivity index (χ2v) is 5.85. The fraction of sp³-hybridized carbons (Fsp3) is 0.571. The van der Waals surface area contributed by atoms with Crippen molar-refractivity contribution in [3.63, 3.8) is 0 Å². The first-order valence-electron chi connectivity index (χ1n) is 6.97. The third-order valence-corrected chi connectivity index (χ3v) is 4.26. The van der Waals surface area contributed by atoms with Crippen LogP contribution in [0.3, 0.4) is 0 Å². The van der Waals surface area contributed by atoms with Crippen LogP contribution in [0, 0.1) is 5.92 Å². The number of hydrogen-bond donors (Lipinski definition) is 2. The van der Waals surface area contributed by atoms with Crippen LogP contribution in [-0.4, -0.2) is 42.9 Å². The number of carbonyl (C=O) groups excluding carboxylic acids is 2. The molecule has 21 heavy (non-hydrogen) atoms. The normalized spacial score (nSPS) is 18.0. The minimum Gasteiger partial charge on any atom is -0.355 e. The van der Waals surface area contributed by atoms with Gasteiger partial charge >= 0.3 is 0 Å². The van der Waals surface area contributed by atoms with E-state index in [0.717, 1.165) is 24.9 Å². The summed E-state index contributed by atoms with van der Waals surface area (Å²) in [7, 11) is 0. The van der Waals surface area contributed by atoms with Gasteiger partial charge in [0.25, 0.3) is 0 Å². The van der Waals surface area contributed by atoms with E-state index in [-0.39, 0.29) is 30.1 Å². The van der Waals surface area contributed by atoms with E-state index in [9.17, 15) is 9.59 Å². The Labute approximate surface area is 135 Å². The molecule has 2 rings (SSSR count). The van der Waals surface area contributed by atoms with Gasteiger partial charge in [-0.25, -0.2) is 0 Å². The maximum absolute atomic E-state index is 12.2. The van der Waals surface area contributed by atoms with Gasteiger partial charge in [-0.3, -0.25) is 9.59 Å². The van der Waals surface area contributed by atoms with Crippen LogP contribution in [0.15, 0.2) is 16.8 Å². The van der Waals surface area contributed by atoms with E-state index in [4.69, 9.17) is 5.73 Å². The maximum atomic E-state index is 12.2. The zero-order valence-corrected chi connectivity index (χ0v) is 13.5. The number of rotatable bonds is 5. The number of piperidine rings is 1. The molecule has 2 heterocycles. The topological polar surface area (TPSA) is 75.4 Å². The standard InChI is InChI=1S/C14H21N3O2S.ClH/c15-4-5-16-14(19)12-2-1-6-17(9-12)13(18)8-11-3-7-20-10-11;/h3,7,10,12H,1-2,4-6,8-9,15H2,(H,16,19);1H. The SMILES string of the molecule is Cl.NCCNC(=O)C1CCCN(C(=O)Cc2ccsc2)C1. The zero-order chi connectivity index (χ0) is 14.4. The summed E-state index contributed by atoms with van der Waals surface area (Å²) in [6, 6.07) is 1.97. The number of nitrogens with one attached hydrogen (secondary N) is 1. The number of hydrogen-bond acceptors (Lipinski definition) is 4. The maximum Gasteiger partial charge on any atom is 0.227 e. The number of likely N-dealkylation sites (tertiary alicyclic amines) is 1. The predicted molar refractivity (Wildman–Crippen MR) is 86.6 cm³/mol. The Kier molecular flexibility index (Phi) is 7.71. The third-order valence-electron chi connectivity index (χ3n) is 3.52. The summed E-state index contributed by atoms with van der Waals surface area (Å²) in [6.45, 7) is 2.22. The smallest absolute Gasteiger partial charge is 0.227 e. The van der Waals surface area contributed by atoms with E-state index >= 15 is 0 Å². The number of carbonyl (C=O) groups is 2. The van der Waals surface area contributed by atoms with Crippen molar-refractivity contribution >= 4 is 35.6 Å². The van der Waals surface area contributed by atoms with Crippen molar-refractivity contribution in [3.8, 4) is 0 Å². The van der Waals surface area contributed by atoms with E-state index in [0.29, 0.717) is 26.1 Å². The van der Waals surface area contributed by atoms with Gasteiger partial charge in [0.15, 0.2) is 0 Å². The van der Waals surface area contributed by atoms with Crippen molar-refractivity contribution in [2.75, 3.05) is 26.2 Å². The molecule has 3 N–H and O–H groups in total. The van der Waals surface area contributed by atoms with Crippen LogP contribution in [0.4, 0.5) is 0 Å². The molecule has 0 radical (unpaired) electrons. The molecule has 1 aliphatic rings. The van der Waals surface area contributed by atoms with Gasteiger partial charge in [-0.2, -0.15) is 11.3 Å². The largest absolute Gasteiger partial charge is 0.355 e. The molecule has 0 aromatic carbocycles. The second kappa shape index (κ2) is 9.02. The van der Waals surface area contributed by atoms with Crippen LogP contribution in [0.25, 0.3) is 0 Å². The lowest BCUT2D eigenvalue weighted by atomic mass is 9.96. The molecule has 0 saturated carbocycles. The van der Waals surface area contributed by atoms with E-state index in [2.05, 4.69) is 5.32 Å². The van der Waals surface area contributed by atoms with Gasteiger partial charge in [-0.05, 0) is 35.2 Å². The van der Waals surface area contributed by atoms with Crippen molar-refractivity contribution in [2.24, 2.45) is 11.7 Å². The van der Waals surface area contributed by atoms with Crippen LogP contribution < -0.4 is 11.1 Å². The Morgan fingerprint density at radius 3 is 2.95 bits per heavy atom. The van der Waals surface area contributed by atoms with Gasteiger partial charge in [0, 0.05) is 26.2 Å². The first-order chi connectivity index (χ1) is 9.70. The summed E-state index contributed by atoms with van der Waals surface area (Å²) in [4.78, 5) is 26.0. The summed E-state index contributed by atoms with van der Waals surface area (Å²) in [5.41, 5.74) is 6.43. The molecule has 0 aliphatic carbocycles. The highest BCUT2D eigenvalue weighted by molar-refractivity contribution is 7.07. The number of nitrogens with zero attached hydrogens (tertiary/aromatic N) is 1. The first-order valence-corrected chi connectivity index (χ1v) is 7.91. The molecule has 7 heteroatoms. The molecule has 1 aromatic heterocycles. The minimum absolute atomic E-state index is 0. The lowest BCUT2D eigenvalue weighted by molar-refractivity contribution is -0.135. The summed E-state index contributed by atoms with van der Waals surface area (Å²) < 4.78 is 0. The molecule has 0 bridgehead atoms. The van der Waals surface area contributed by atoms with Crippen molar-refractivity contribution < 1.29 is 9.59 Å². The molecule has 1 atom stereocenters. The third kappa shape index (κ3) is 5.30. The van der Waals surface area contributed by atoms with Crippen molar-refractivity contribution in [1.29, 1.82) is 0 Å². The van der Waals surface area contributed by atoms with Crippen LogP contribution in [-0.2, 0) is 16.0 Å². The van der Waals surface area contributed by atoms with E-state index in [1.165, 1.54) is 0 Å². The molecular formula is C14H22ClN3O2S. The summed E-state index contributed by atoms with van der Waals surface area (Å²) >= 11 is 1.60. The lowest BCUT2D eigenvalue weighted by Crippen LogP contribution is -2.46.